The maximum absolute atomic E-state index is 12.4. The van der Waals surface area contributed by atoms with Gasteiger partial charge >= 0.3 is 0 Å². The number of sulfonamides is 1. The summed E-state index contributed by atoms with van der Waals surface area (Å²) in [6, 6.07) is 12.5. The molecule has 28 heavy (non-hydrogen) atoms. The van der Waals surface area contributed by atoms with Gasteiger partial charge < -0.3 is 4.74 Å². The number of halogens is 1. The zero-order chi connectivity index (χ0) is 20.4. The van der Waals surface area contributed by atoms with Crippen LogP contribution in [0.4, 0.5) is 0 Å². The number of nitrogens with one attached hydrogen (secondary N) is 1. The number of aryl methyl sites for hydroxylation is 1. The van der Waals surface area contributed by atoms with Crippen LogP contribution in [-0.4, -0.2) is 21.2 Å². The first-order valence-electron chi connectivity index (χ1n) is 9.21. The quantitative estimate of drug-likeness (QED) is 0.705. The zero-order valence-corrected chi connectivity index (χ0v) is 17.9. The maximum atomic E-state index is 12.4. The van der Waals surface area contributed by atoms with Crippen LogP contribution in [0.1, 0.15) is 43.7 Å². The highest BCUT2D eigenvalue weighted by Crippen LogP contribution is 2.42. The number of rotatable bonds is 5. The molecule has 2 aromatic rings. The van der Waals surface area contributed by atoms with E-state index in [9.17, 15) is 8.42 Å². The Bertz CT molecular complexity index is 975. The second-order valence-corrected chi connectivity index (χ2v) is 9.56. The third-order valence-electron chi connectivity index (χ3n) is 5.41. The van der Waals surface area contributed by atoms with E-state index < -0.39 is 10.0 Å². The number of hydrazone groups is 1. The van der Waals surface area contributed by atoms with Gasteiger partial charge in [-0.1, -0.05) is 42.3 Å². The normalized spacial score (nSPS) is 19.9. The SMILES string of the molecule is COc1ccc(C2(C)CCC(=NNS(=O)(=O)c3ccc(C)cc3)CC2)c(Cl)c1. The van der Waals surface area contributed by atoms with E-state index in [4.69, 9.17) is 16.3 Å². The second-order valence-electron chi connectivity index (χ2n) is 7.49. The largest absolute Gasteiger partial charge is 0.497 e. The zero-order valence-electron chi connectivity index (χ0n) is 16.3. The van der Waals surface area contributed by atoms with Crippen LogP contribution >= 0.6 is 11.6 Å². The summed E-state index contributed by atoms with van der Waals surface area (Å²) in [6.45, 7) is 4.10. The van der Waals surface area contributed by atoms with Crippen molar-refractivity contribution in [2.24, 2.45) is 5.10 Å². The average Bonchev–Trinajstić information content (AvgIpc) is 2.67. The van der Waals surface area contributed by atoms with Crippen LogP contribution in [0.25, 0.3) is 0 Å². The summed E-state index contributed by atoms with van der Waals surface area (Å²) in [4.78, 5) is 2.59. The summed E-state index contributed by atoms with van der Waals surface area (Å²) >= 11 is 6.47. The van der Waals surface area contributed by atoms with Gasteiger partial charge in [0.15, 0.2) is 0 Å². The number of nitrogens with zero attached hydrogens (tertiary/aromatic N) is 1. The Kier molecular flexibility index (Phi) is 6.01. The molecule has 1 N–H and O–H groups in total. The van der Waals surface area contributed by atoms with Gasteiger partial charge in [0, 0.05) is 10.7 Å². The summed E-state index contributed by atoms with van der Waals surface area (Å²) in [5.41, 5.74) is 2.89. The Morgan fingerprint density at radius 2 is 1.75 bits per heavy atom. The molecule has 0 radical (unpaired) electrons. The third-order valence-corrected chi connectivity index (χ3v) is 6.95. The van der Waals surface area contributed by atoms with Crippen molar-refractivity contribution in [1.82, 2.24) is 4.83 Å². The van der Waals surface area contributed by atoms with E-state index >= 15 is 0 Å². The van der Waals surface area contributed by atoms with Crippen molar-refractivity contribution in [3.63, 3.8) is 0 Å². The molecule has 0 spiro atoms. The van der Waals surface area contributed by atoms with E-state index in [0.29, 0.717) is 5.02 Å². The molecule has 2 aromatic carbocycles. The highest BCUT2D eigenvalue weighted by molar-refractivity contribution is 7.89. The van der Waals surface area contributed by atoms with Crippen LogP contribution in [0.2, 0.25) is 5.02 Å². The number of hydrogen-bond donors (Lipinski definition) is 1. The van der Waals surface area contributed by atoms with E-state index in [1.807, 2.05) is 25.1 Å². The second kappa shape index (κ2) is 8.13. The topological polar surface area (TPSA) is 67.8 Å². The number of ether oxygens (including phenoxy) is 1. The maximum Gasteiger partial charge on any atom is 0.276 e. The Morgan fingerprint density at radius 1 is 1.11 bits per heavy atom. The summed E-state index contributed by atoms with van der Waals surface area (Å²) < 4.78 is 30.0. The molecular formula is C21H25ClN2O3S. The molecule has 0 saturated heterocycles. The smallest absolute Gasteiger partial charge is 0.276 e. The van der Waals surface area contributed by atoms with Crippen LogP contribution in [-0.2, 0) is 15.4 Å². The minimum absolute atomic E-state index is 0.0712. The lowest BCUT2D eigenvalue weighted by molar-refractivity contribution is 0.389. The lowest BCUT2D eigenvalue weighted by atomic mass is 9.70. The monoisotopic (exact) mass is 420 g/mol. The minimum Gasteiger partial charge on any atom is -0.497 e. The lowest BCUT2D eigenvalue weighted by Crippen LogP contribution is -2.30. The molecule has 1 aliphatic carbocycles. The van der Waals surface area contributed by atoms with E-state index in [1.165, 1.54) is 0 Å². The van der Waals surface area contributed by atoms with Crippen LogP contribution in [0.5, 0.6) is 5.75 Å². The fraction of sp³-hybridized carbons (Fsp3) is 0.381. The molecule has 0 amide bonds. The Balaban J connectivity index is 1.68. The lowest BCUT2D eigenvalue weighted by Gasteiger charge is -2.35. The van der Waals surface area contributed by atoms with Crippen LogP contribution in [0, 0.1) is 6.92 Å². The summed E-state index contributed by atoms with van der Waals surface area (Å²) in [5, 5.41) is 4.89. The van der Waals surface area contributed by atoms with Gasteiger partial charge in [0.05, 0.1) is 12.0 Å². The first-order chi connectivity index (χ1) is 13.2. The van der Waals surface area contributed by atoms with E-state index in [1.54, 1.807) is 31.4 Å². The number of benzene rings is 2. The molecule has 1 saturated carbocycles. The summed E-state index contributed by atoms with van der Waals surface area (Å²) in [5.74, 6) is 0.737. The van der Waals surface area contributed by atoms with Gasteiger partial charge in [-0.2, -0.15) is 13.5 Å². The molecule has 7 heteroatoms. The molecule has 3 rings (SSSR count). The van der Waals surface area contributed by atoms with Gasteiger partial charge in [-0.05, 0) is 67.9 Å². The predicted molar refractivity (Wildman–Crippen MR) is 113 cm³/mol. The van der Waals surface area contributed by atoms with Gasteiger partial charge in [0.2, 0.25) is 0 Å². The van der Waals surface area contributed by atoms with Crippen molar-refractivity contribution >= 4 is 27.3 Å². The third kappa shape index (κ3) is 4.50. The molecule has 0 heterocycles. The molecule has 0 bridgehead atoms. The molecule has 0 unspecified atom stereocenters. The summed E-state index contributed by atoms with van der Waals surface area (Å²) in [7, 11) is -2.03. The van der Waals surface area contributed by atoms with Crippen molar-refractivity contribution in [1.29, 1.82) is 0 Å². The molecule has 1 aliphatic rings. The predicted octanol–water partition coefficient (Wildman–Crippen LogP) is 4.82. The van der Waals surface area contributed by atoms with Crippen molar-refractivity contribution < 1.29 is 13.2 Å². The molecule has 150 valence electrons. The first kappa shape index (κ1) is 20.7. The van der Waals surface area contributed by atoms with E-state index in [-0.39, 0.29) is 10.3 Å². The fourth-order valence-corrected chi connectivity index (χ4v) is 4.73. The minimum atomic E-state index is -3.64. The van der Waals surface area contributed by atoms with Gasteiger partial charge in [0.25, 0.3) is 10.0 Å². The van der Waals surface area contributed by atoms with E-state index in [0.717, 1.165) is 48.3 Å². The molecule has 5 nitrogen and oxygen atoms in total. The standard InChI is InChI=1S/C21H25ClN2O3S/c1-15-4-7-18(8-5-15)28(25,26)24-23-16-10-12-21(2,13-11-16)19-9-6-17(27-3)14-20(19)22/h4-9,14,24H,10-13H2,1-3H3. The Labute approximate surface area is 171 Å². The van der Waals surface area contributed by atoms with Gasteiger partial charge in [-0.25, -0.2) is 4.83 Å². The van der Waals surface area contributed by atoms with E-state index in [2.05, 4.69) is 16.9 Å². The van der Waals surface area contributed by atoms with Gasteiger partial charge in [-0.3, -0.25) is 0 Å². The molecular weight excluding hydrogens is 396 g/mol. The summed E-state index contributed by atoms with van der Waals surface area (Å²) in [6.07, 6.45) is 3.14. The first-order valence-corrected chi connectivity index (χ1v) is 11.1. The molecule has 1 fully saturated rings. The Hall–Kier alpha value is -2.05. The molecule has 0 aromatic heterocycles. The van der Waals surface area contributed by atoms with Crippen LogP contribution < -0.4 is 9.57 Å². The van der Waals surface area contributed by atoms with Crippen molar-refractivity contribution in [2.45, 2.75) is 49.8 Å². The fourth-order valence-electron chi connectivity index (χ4n) is 3.48. The van der Waals surface area contributed by atoms with Crippen molar-refractivity contribution in [3.8, 4) is 5.75 Å². The molecule has 0 atom stereocenters. The number of methoxy groups -OCH3 is 1. The van der Waals surface area contributed by atoms with Gasteiger partial charge in [-0.15, -0.1) is 0 Å². The van der Waals surface area contributed by atoms with Crippen molar-refractivity contribution in [2.75, 3.05) is 7.11 Å². The Morgan fingerprint density at radius 3 is 2.32 bits per heavy atom. The van der Waals surface area contributed by atoms with Crippen LogP contribution in [0.3, 0.4) is 0 Å². The van der Waals surface area contributed by atoms with Crippen LogP contribution in [0.15, 0.2) is 52.5 Å². The molecule has 0 aliphatic heterocycles. The number of hydrogen-bond acceptors (Lipinski definition) is 4. The average molecular weight is 421 g/mol. The highest BCUT2D eigenvalue weighted by atomic mass is 35.5. The van der Waals surface area contributed by atoms with Crippen molar-refractivity contribution in [3.05, 3.63) is 58.6 Å². The van der Waals surface area contributed by atoms with Gasteiger partial charge in [0.1, 0.15) is 5.75 Å². The highest BCUT2D eigenvalue weighted by Gasteiger charge is 2.33.